The quantitative estimate of drug-likeness (QED) is 0.765. The first-order valence-electron chi connectivity index (χ1n) is 9.34. The molecule has 0 heterocycles. The molecule has 0 amide bonds. The SMILES string of the molecule is CCC1C2CC(CC2C2CCCC(O)C2)C1(CC)CC. The highest BCUT2D eigenvalue weighted by Gasteiger charge is 2.59. The molecule has 0 spiro atoms. The predicted molar refractivity (Wildman–Crippen MR) is 84.5 cm³/mol. The molecular weight excluding hydrogens is 244 g/mol. The molecule has 116 valence electrons. The van der Waals surface area contributed by atoms with Gasteiger partial charge in [-0.25, -0.2) is 0 Å². The molecular formula is C19H34O. The van der Waals surface area contributed by atoms with E-state index in [9.17, 15) is 5.11 Å². The van der Waals surface area contributed by atoms with Crippen molar-refractivity contribution in [3.05, 3.63) is 0 Å². The highest BCUT2D eigenvalue weighted by atomic mass is 16.3. The van der Waals surface area contributed by atoms with Crippen molar-refractivity contribution >= 4 is 0 Å². The van der Waals surface area contributed by atoms with Gasteiger partial charge in [-0.3, -0.25) is 0 Å². The van der Waals surface area contributed by atoms with Crippen molar-refractivity contribution < 1.29 is 5.11 Å². The van der Waals surface area contributed by atoms with Crippen LogP contribution in [0.5, 0.6) is 0 Å². The zero-order valence-corrected chi connectivity index (χ0v) is 13.8. The Bertz CT molecular complexity index is 333. The molecule has 0 aromatic carbocycles. The first kappa shape index (κ1) is 14.9. The summed E-state index contributed by atoms with van der Waals surface area (Å²) in [7, 11) is 0. The third kappa shape index (κ3) is 2.07. The lowest BCUT2D eigenvalue weighted by Gasteiger charge is -2.48. The Morgan fingerprint density at radius 1 is 0.950 bits per heavy atom. The molecule has 1 heteroatoms. The van der Waals surface area contributed by atoms with E-state index in [1.807, 2.05) is 0 Å². The lowest BCUT2D eigenvalue weighted by Crippen LogP contribution is -2.41. The second-order valence-electron chi connectivity index (χ2n) is 8.03. The molecule has 6 atom stereocenters. The van der Waals surface area contributed by atoms with E-state index in [2.05, 4.69) is 20.8 Å². The van der Waals surface area contributed by atoms with Crippen LogP contribution in [0.2, 0.25) is 0 Å². The predicted octanol–water partition coefficient (Wildman–Crippen LogP) is 5.03. The normalized spacial score (nSPS) is 46.8. The highest BCUT2D eigenvalue weighted by Crippen LogP contribution is 2.67. The molecule has 0 aliphatic heterocycles. The fourth-order valence-corrected chi connectivity index (χ4v) is 6.96. The zero-order chi connectivity index (χ0) is 14.3. The van der Waals surface area contributed by atoms with Crippen molar-refractivity contribution in [2.24, 2.45) is 35.0 Å². The van der Waals surface area contributed by atoms with Crippen LogP contribution in [-0.4, -0.2) is 11.2 Å². The lowest BCUT2D eigenvalue weighted by molar-refractivity contribution is -0.00423. The van der Waals surface area contributed by atoms with Crippen LogP contribution in [0.25, 0.3) is 0 Å². The van der Waals surface area contributed by atoms with Crippen molar-refractivity contribution in [3.8, 4) is 0 Å². The Balaban J connectivity index is 1.77. The summed E-state index contributed by atoms with van der Waals surface area (Å²) in [6.07, 6.45) is 12.0. The average molecular weight is 278 g/mol. The van der Waals surface area contributed by atoms with Crippen LogP contribution in [0, 0.1) is 35.0 Å². The minimum atomic E-state index is 0.00932. The summed E-state index contributed by atoms with van der Waals surface area (Å²) in [5.74, 6) is 4.75. The second-order valence-corrected chi connectivity index (χ2v) is 8.03. The van der Waals surface area contributed by atoms with E-state index in [1.54, 1.807) is 0 Å². The summed E-state index contributed by atoms with van der Waals surface area (Å²) in [5.41, 5.74) is 0.670. The average Bonchev–Trinajstić information content (AvgIpc) is 3.02. The summed E-state index contributed by atoms with van der Waals surface area (Å²) in [6, 6.07) is 0. The van der Waals surface area contributed by atoms with Crippen LogP contribution in [0.1, 0.15) is 78.6 Å². The van der Waals surface area contributed by atoms with E-state index in [1.165, 1.54) is 44.9 Å². The van der Waals surface area contributed by atoms with Gasteiger partial charge in [0.25, 0.3) is 0 Å². The Hall–Kier alpha value is -0.0400. The van der Waals surface area contributed by atoms with Crippen molar-refractivity contribution in [3.63, 3.8) is 0 Å². The molecule has 1 nitrogen and oxygen atoms in total. The Kier molecular flexibility index (Phi) is 4.19. The van der Waals surface area contributed by atoms with Crippen LogP contribution in [0.15, 0.2) is 0 Å². The maximum Gasteiger partial charge on any atom is 0.0543 e. The van der Waals surface area contributed by atoms with Crippen LogP contribution >= 0.6 is 0 Å². The monoisotopic (exact) mass is 278 g/mol. The van der Waals surface area contributed by atoms with Crippen molar-refractivity contribution in [2.75, 3.05) is 0 Å². The highest BCUT2D eigenvalue weighted by molar-refractivity contribution is 5.08. The van der Waals surface area contributed by atoms with E-state index >= 15 is 0 Å². The first-order chi connectivity index (χ1) is 9.66. The van der Waals surface area contributed by atoms with Gasteiger partial charge in [0.1, 0.15) is 0 Å². The van der Waals surface area contributed by atoms with E-state index in [0.717, 1.165) is 42.4 Å². The Labute approximate surface area is 125 Å². The molecule has 0 aromatic rings. The van der Waals surface area contributed by atoms with Gasteiger partial charge >= 0.3 is 0 Å². The van der Waals surface area contributed by atoms with Gasteiger partial charge in [-0.05, 0) is 80.0 Å². The minimum absolute atomic E-state index is 0.00932. The molecule has 1 N–H and O–H groups in total. The largest absolute Gasteiger partial charge is 0.393 e. The summed E-state index contributed by atoms with van der Waals surface area (Å²) in [5, 5.41) is 10.0. The number of hydrogen-bond acceptors (Lipinski definition) is 1. The molecule has 0 aromatic heterocycles. The molecule has 2 bridgehead atoms. The number of hydrogen-bond donors (Lipinski definition) is 1. The molecule has 3 rings (SSSR count). The zero-order valence-electron chi connectivity index (χ0n) is 13.8. The molecule has 3 fully saturated rings. The molecule has 6 unspecified atom stereocenters. The summed E-state index contributed by atoms with van der Waals surface area (Å²) in [4.78, 5) is 0. The topological polar surface area (TPSA) is 20.2 Å². The van der Waals surface area contributed by atoms with Crippen LogP contribution in [0.3, 0.4) is 0 Å². The smallest absolute Gasteiger partial charge is 0.0543 e. The van der Waals surface area contributed by atoms with Gasteiger partial charge < -0.3 is 5.11 Å². The summed E-state index contributed by atoms with van der Waals surface area (Å²) < 4.78 is 0. The molecule has 20 heavy (non-hydrogen) atoms. The van der Waals surface area contributed by atoms with E-state index in [0.29, 0.717) is 5.41 Å². The minimum Gasteiger partial charge on any atom is -0.393 e. The third-order valence-corrected chi connectivity index (χ3v) is 7.78. The first-order valence-corrected chi connectivity index (χ1v) is 9.34. The van der Waals surface area contributed by atoms with Crippen LogP contribution < -0.4 is 0 Å². The van der Waals surface area contributed by atoms with Gasteiger partial charge in [0.15, 0.2) is 0 Å². The standard InChI is InChI=1S/C19H34O/c1-4-18-17-12-14(19(18,5-2)6-3)11-16(17)13-8-7-9-15(20)10-13/h13-18,20H,4-12H2,1-3H3. The van der Waals surface area contributed by atoms with Gasteiger partial charge in [-0.1, -0.05) is 33.6 Å². The van der Waals surface area contributed by atoms with Crippen LogP contribution in [0.4, 0.5) is 0 Å². The van der Waals surface area contributed by atoms with E-state index in [4.69, 9.17) is 0 Å². The second kappa shape index (κ2) is 5.63. The van der Waals surface area contributed by atoms with E-state index < -0.39 is 0 Å². The molecule has 0 saturated heterocycles. The summed E-state index contributed by atoms with van der Waals surface area (Å²) >= 11 is 0. The Morgan fingerprint density at radius 3 is 2.25 bits per heavy atom. The van der Waals surface area contributed by atoms with Crippen molar-refractivity contribution in [1.82, 2.24) is 0 Å². The van der Waals surface area contributed by atoms with Crippen molar-refractivity contribution in [2.45, 2.75) is 84.7 Å². The van der Waals surface area contributed by atoms with Gasteiger partial charge in [-0.2, -0.15) is 0 Å². The third-order valence-electron chi connectivity index (χ3n) is 7.78. The van der Waals surface area contributed by atoms with Gasteiger partial charge in [-0.15, -0.1) is 0 Å². The molecule has 0 radical (unpaired) electrons. The van der Waals surface area contributed by atoms with Gasteiger partial charge in [0.05, 0.1) is 6.10 Å². The fraction of sp³-hybridized carbons (Fsp3) is 1.00. The number of aliphatic hydroxyl groups is 1. The van der Waals surface area contributed by atoms with E-state index in [-0.39, 0.29) is 6.10 Å². The molecule has 3 aliphatic rings. The number of fused-ring (bicyclic) bond motifs is 2. The number of aliphatic hydroxyl groups excluding tert-OH is 1. The lowest BCUT2D eigenvalue weighted by atomic mass is 9.57. The van der Waals surface area contributed by atoms with Gasteiger partial charge in [0, 0.05) is 0 Å². The fourth-order valence-electron chi connectivity index (χ4n) is 6.96. The molecule has 3 saturated carbocycles. The van der Waals surface area contributed by atoms with Gasteiger partial charge in [0.2, 0.25) is 0 Å². The Morgan fingerprint density at radius 2 is 1.65 bits per heavy atom. The number of rotatable bonds is 4. The summed E-state index contributed by atoms with van der Waals surface area (Å²) in [6.45, 7) is 7.30. The molecule has 3 aliphatic carbocycles. The maximum absolute atomic E-state index is 10.0. The van der Waals surface area contributed by atoms with Crippen LogP contribution in [-0.2, 0) is 0 Å². The van der Waals surface area contributed by atoms with Crippen molar-refractivity contribution in [1.29, 1.82) is 0 Å². The maximum atomic E-state index is 10.0.